The minimum absolute atomic E-state index is 0.0644. The number of esters is 1. The molecule has 2 aromatic carbocycles. The molecular formula is C23H21N3O5S. The molecule has 2 heterocycles. The molecule has 0 radical (unpaired) electrons. The molecule has 9 heteroatoms. The third kappa shape index (κ3) is 4.03. The Bertz CT molecular complexity index is 1150. The average Bonchev–Trinajstić information content (AvgIpc) is 3.12. The largest absolute Gasteiger partial charge is 0.457 e. The highest BCUT2D eigenvalue weighted by Crippen LogP contribution is 2.44. The lowest BCUT2D eigenvalue weighted by atomic mass is 9.94. The van der Waals surface area contributed by atoms with Gasteiger partial charge in [-0.25, -0.2) is 9.79 Å². The highest BCUT2D eigenvalue weighted by molar-refractivity contribution is 8.15. The number of nitro groups is 1. The van der Waals surface area contributed by atoms with Gasteiger partial charge < -0.3 is 4.74 Å². The van der Waals surface area contributed by atoms with Crippen molar-refractivity contribution in [1.29, 1.82) is 0 Å². The van der Waals surface area contributed by atoms with Crippen LogP contribution in [0.5, 0.6) is 0 Å². The van der Waals surface area contributed by atoms with Crippen LogP contribution in [0.1, 0.15) is 37.4 Å². The fourth-order valence-electron chi connectivity index (χ4n) is 3.77. The maximum absolute atomic E-state index is 13.2. The smallest absolute Gasteiger partial charge is 0.338 e. The number of hydrogen-bond donors (Lipinski definition) is 0. The molecule has 1 fully saturated rings. The normalized spacial score (nSPS) is 20.1. The molecule has 1 amide bonds. The van der Waals surface area contributed by atoms with Crippen LogP contribution < -0.4 is 0 Å². The van der Waals surface area contributed by atoms with Crippen LogP contribution in [0.2, 0.25) is 0 Å². The van der Waals surface area contributed by atoms with Gasteiger partial charge in [0, 0.05) is 12.1 Å². The number of ether oxygens (including phenoxy) is 1. The molecule has 2 aliphatic rings. The van der Waals surface area contributed by atoms with Gasteiger partial charge in [0.2, 0.25) is 5.91 Å². The van der Waals surface area contributed by atoms with Crippen molar-refractivity contribution < 1.29 is 19.2 Å². The summed E-state index contributed by atoms with van der Waals surface area (Å²) in [5.41, 5.74) is 1.81. The molecule has 1 saturated heterocycles. The van der Waals surface area contributed by atoms with E-state index in [1.165, 1.54) is 28.8 Å². The number of aliphatic imine (C=N–C) groups is 1. The Morgan fingerprint density at radius 1 is 1.22 bits per heavy atom. The summed E-state index contributed by atoms with van der Waals surface area (Å²) in [6.07, 6.45) is 0.605. The van der Waals surface area contributed by atoms with Crippen LogP contribution in [-0.2, 0) is 20.9 Å². The lowest BCUT2D eigenvalue weighted by Gasteiger charge is -2.33. The van der Waals surface area contributed by atoms with E-state index in [1.807, 2.05) is 37.3 Å². The van der Waals surface area contributed by atoms with Crippen LogP contribution in [0.25, 0.3) is 0 Å². The van der Waals surface area contributed by atoms with Crippen molar-refractivity contribution >= 4 is 34.5 Å². The van der Waals surface area contributed by atoms with Crippen LogP contribution >= 0.6 is 11.8 Å². The Hall–Kier alpha value is -3.46. The number of allylic oxidation sites excluding steroid dienone is 1. The van der Waals surface area contributed by atoms with Crippen molar-refractivity contribution in [1.82, 2.24) is 4.90 Å². The number of carbonyl (C=O) groups is 2. The van der Waals surface area contributed by atoms with Gasteiger partial charge >= 0.3 is 5.97 Å². The average molecular weight is 452 g/mol. The number of amidine groups is 1. The molecule has 0 aromatic heterocycles. The zero-order chi connectivity index (χ0) is 22.8. The molecule has 8 nitrogen and oxygen atoms in total. The van der Waals surface area contributed by atoms with Gasteiger partial charge in [0.25, 0.3) is 5.69 Å². The van der Waals surface area contributed by atoms with E-state index in [4.69, 9.17) is 4.74 Å². The van der Waals surface area contributed by atoms with Crippen molar-refractivity contribution in [3.05, 3.63) is 87.1 Å². The summed E-state index contributed by atoms with van der Waals surface area (Å²) < 4.78 is 5.56. The lowest BCUT2D eigenvalue weighted by molar-refractivity contribution is -0.384. The van der Waals surface area contributed by atoms with Crippen molar-refractivity contribution in [2.75, 3.05) is 0 Å². The van der Waals surface area contributed by atoms with Gasteiger partial charge in [-0.1, -0.05) is 61.2 Å². The number of carbonyl (C=O) groups excluding carboxylic acids is 2. The third-order valence-corrected chi connectivity index (χ3v) is 6.67. The van der Waals surface area contributed by atoms with E-state index < -0.39 is 16.9 Å². The number of rotatable bonds is 6. The molecule has 0 saturated carbocycles. The van der Waals surface area contributed by atoms with Crippen LogP contribution in [0, 0.1) is 10.1 Å². The minimum atomic E-state index is -0.845. The number of fused-ring (bicyclic) bond motifs is 1. The highest BCUT2D eigenvalue weighted by atomic mass is 32.2. The van der Waals surface area contributed by atoms with Crippen molar-refractivity contribution in [2.24, 2.45) is 4.99 Å². The standard InChI is InChI=1S/C23H21N3O5S/c1-3-18-21(27)25-20(16-10-7-11-17(12-16)26(29)30)19(14(2)24-23(25)32-18)22(28)31-13-15-8-5-4-6-9-15/h4-12,18,20H,3,13H2,1-2H3/t18-,20+/m1/s1. The number of nitrogens with zero attached hydrogens (tertiary/aromatic N) is 3. The Morgan fingerprint density at radius 2 is 1.97 bits per heavy atom. The van der Waals surface area contributed by atoms with E-state index in [-0.39, 0.29) is 29.0 Å². The Kier molecular flexibility index (Phi) is 6.09. The highest BCUT2D eigenvalue weighted by Gasteiger charge is 2.47. The second-order valence-corrected chi connectivity index (χ2v) is 8.60. The predicted molar refractivity (Wildman–Crippen MR) is 121 cm³/mol. The topological polar surface area (TPSA) is 102 Å². The first-order chi connectivity index (χ1) is 15.4. The molecular weight excluding hydrogens is 430 g/mol. The van der Waals surface area contributed by atoms with E-state index in [9.17, 15) is 19.7 Å². The number of non-ortho nitro benzene ring substituents is 1. The van der Waals surface area contributed by atoms with Crippen molar-refractivity contribution in [2.45, 2.75) is 38.2 Å². The summed E-state index contributed by atoms with van der Waals surface area (Å²) in [5.74, 6) is -0.781. The third-order valence-electron chi connectivity index (χ3n) is 5.35. The molecule has 0 spiro atoms. The molecule has 4 rings (SSSR count). The summed E-state index contributed by atoms with van der Waals surface area (Å²) in [6, 6.07) is 14.4. The van der Waals surface area contributed by atoms with E-state index in [0.29, 0.717) is 22.8 Å². The molecule has 2 atom stereocenters. The van der Waals surface area contributed by atoms with E-state index in [0.717, 1.165) is 5.56 Å². The Balaban J connectivity index is 1.75. The SMILES string of the molecule is CC[C@H]1SC2=NC(C)=C(C(=O)OCc3ccccc3)[C@H](c3cccc([N+](=O)[O-])c3)N2C1=O. The van der Waals surface area contributed by atoms with E-state index >= 15 is 0 Å². The first-order valence-corrected chi connectivity index (χ1v) is 11.0. The molecule has 32 heavy (non-hydrogen) atoms. The monoisotopic (exact) mass is 451 g/mol. The number of nitro benzene ring substituents is 1. The molecule has 0 aliphatic carbocycles. The van der Waals surface area contributed by atoms with Gasteiger partial charge in [0.1, 0.15) is 6.61 Å². The summed E-state index contributed by atoms with van der Waals surface area (Å²) in [7, 11) is 0. The first kappa shape index (κ1) is 21.8. The quantitative estimate of drug-likeness (QED) is 0.367. The van der Waals surface area contributed by atoms with Crippen molar-refractivity contribution in [3.8, 4) is 0 Å². The van der Waals surface area contributed by atoms with Gasteiger partial charge in [0.05, 0.1) is 27.5 Å². The molecule has 0 bridgehead atoms. The van der Waals surface area contributed by atoms with E-state index in [1.54, 1.807) is 19.1 Å². The van der Waals surface area contributed by atoms with Gasteiger partial charge in [0.15, 0.2) is 5.17 Å². The first-order valence-electron chi connectivity index (χ1n) is 10.1. The summed E-state index contributed by atoms with van der Waals surface area (Å²) in [4.78, 5) is 43.2. The van der Waals surface area contributed by atoms with Crippen LogP contribution in [-0.4, -0.2) is 32.1 Å². The molecule has 0 unspecified atom stereocenters. The van der Waals surface area contributed by atoms with Gasteiger partial charge in [-0.3, -0.25) is 19.8 Å². The molecule has 2 aromatic rings. The zero-order valence-electron chi connectivity index (χ0n) is 17.6. The summed E-state index contributed by atoms with van der Waals surface area (Å²) in [6.45, 7) is 3.67. The number of amides is 1. The van der Waals surface area contributed by atoms with Gasteiger partial charge in [-0.15, -0.1) is 0 Å². The summed E-state index contributed by atoms with van der Waals surface area (Å²) in [5, 5.41) is 11.5. The number of benzene rings is 2. The van der Waals surface area contributed by atoms with Gasteiger partial charge in [-0.2, -0.15) is 0 Å². The number of hydrogen-bond acceptors (Lipinski definition) is 7. The lowest BCUT2D eigenvalue weighted by Crippen LogP contribution is -2.40. The second-order valence-electron chi connectivity index (χ2n) is 7.43. The number of thioether (sulfide) groups is 1. The fourth-order valence-corrected chi connectivity index (χ4v) is 4.91. The molecule has 0 N–H and O–H groups in total. The Morgan fingerprint density at radius 3 is 2.66 bits per heavy atom. The predicted octanol–water partition coefficient (Wildman–Crippen LogP) is 4.38. The maximum atomic E-state index is 13.2. The second kappa shape index (κ2) is 8.96. The van der Waals surface area contributed by atoms with Gasteiger partial charge in [-0.05, 0) is 24.5 Å². The fraction of sp³-hybridized carbons (Fsp3) is 0.261. The zero-order valence-corrected chi connectivity index (χ0v) is 18.4. The van der Waals surface area contributed by atoms with E-state index in [2.05, 4.69) is 4.99 Å². The van der Waals surface area contributed by atoms with Crippen molar-refractivity contribution in [3.63, 3.8) is 0 Å². The minimum Gasteiger partial charge on any atom is -0.457 e. The molecule has 164 valence electrons. The van der Waals surface area contributed by atoms with Crippen LogP contribution in [0.4, 0.5) is 5.69 Å². The van der Waals surface area contributed by atoms with Crippen LogP contribution in [0.15, 0.2) is 70.9 Å². The summed E-state index contributed by atoms with van der Waals surface area (Å²) >= 11 is 1.35. The molecule has 2 aliphatic heterocycles. The maximum Gasteiger partial charge on any atom is 0.338 e. The van der Waals surface area contributed by atoms with Crippen LogP contribution in [0.3, 0.4) is 0 Å². The Labute approximate surface area is 189 Å².